The van der Waals surface area contributed by atoms with Gasteiger partial charge in [-0.15, -0.1) is 11.3 Å². The van der Waals surface area contributed by atoms with Gasteiger partial charge >= 0.3 is 0 Å². The van der Waals surface area contributed by atoms with Crippen molar-refractivity contribution < 1.29 is 4.74 Å². The Bertz CT molecular complexity index is 332. The van der Waals surface area contributed by atoms with Crippen LogP contribution in [0.4, 0.5) is 0 Å². The molecule has 1 N–H and O–H groups in total. The molecule has 0 aliphatic carbocycles. The van der Waals surface area contributed by atoms with Crippen LogP contribution in [0.5, 0.6) is 0 Å². The fraction of sp³-hybridized carbons (Fsp3) is 0.750. The summed E-state index contributed by atoms with van der Waals surface area (Å²) in [4.78, 5) is 6.01. The molecule has 1 atom stereocenters. The van der Waals surface area contributed by atoms with Crippen LogP contribution >= 0.6 is 11.3 Å². The number of ether oxygens (including phenoxy) is 1. The zero-order chi connectivity index (χ0) is 11.4. The molecular weight excluding hydrogens is 220 g/mol. The zero-order valence-corrected chi connectivity index (χ0v) is 10.9. The van der Waals surface area contributed by atoms with E-state index in [2.05, 4.69) is 24.1 Å². The van der Waals surface area contributed by atoms with E-state index in [0.29, 0.717) is 6.10 Å². The number of hydrogen-bond acceptors (Lipinski definition) is 4. The third-order valence-corrected chi connectivity index (χ3v) is 4.06. The molecule has 4 heteroatoms. The highest BCUT2D eigenvalue weighted by Gasteiger charge is 2.17. The topological polar surface area (TPSA) is 34.2 Å². The monoisotopic (exact) mass is 240 g/mol. The minimum atomic E-state index is 0.336. The molecule has 0 radical (unpaired) electrons. The first-order valence-electron chi connectivity index (χ1n) is 6.07. The predicted octanol–water partition coefficient (Wildman–Crippen LogP) is 1.93. The molecule has 1 aliphatic heterocycles. The highest BCUT2D eigenvalue weighted by Crippen LogP contribution is 2.21. The van der Waals surface area contributed by atoms with Crippen molar-refractivity contribution in [2.75, 3.05) is 19.7 Å². The number of rotatable bonds is 4. The van der Waals surface area contributed by atoms with Crippen molar-refractivity contribution in [1.82, 2.24) is 10.3 Å². The van der Waals surface area contributed by atoms with Gasteiger partial charge in [-0.05, 0) is 19.8 Å². The second-order valence-electron chi connectivity index (χ2n) is 4.27. The van der Waals surface area contributed by atoms with E-state index in [-0.39, 0.29) is 0 Å². The minimum absolute atomic E-state index is 0.336. The summed E-state index contributed by atoms with van der Waals surface area (Å²) in [5, 5.41) is 4.64. The Morgan fingerprint density at radius 3 is 3.12 bits per heavy atom. The van der Waals surface area contributed by atoms with Crippen LogP contribution in [0.1, 0.15) is 28.9 Å². The van der Waals surface area contributed by atoms with Crippen LogP contribution in [0.15, 0.2) is 0 Å². The first kappa shape index (κ1) is 12.0. The van der Waals surface area contributed by atoms with Crippen molar-refractivity contribution in [2.24, 2.45) is 0 Å². The first-order valence-corrected chi connectivity index (χ1v) is 6.88. The molecular formula is C12H20N2OS. The maximum absolute atomic E-state index is 5.72. The third kappa shape index (κ3) is 3.03. The molecule has 16 heavy (non-hydrogen) atoms. The zero-order valence-electron chi connectivity index (χ0n) is 10.1. The maximum Gasteiger partial charge on any atom is 0.0930 e. The van der Waals surface area contributed by atoms with E-state index in [1.165, 1.54) is 22.0 Å². The summed E-state index contributed by atoms with van der Waals surface area (Å²) in [6, 6.07) is 0. The molecule has 0 spiro atoms. The van der Waals surface area contributed by atoms with E-state index in [4.69, 9.17) is 4.74 Å². The van der Waals surface area contributed by atoms with Gasteiger partial charge < -0.3 is 10.1 Å². The third-order valence-electron chi connectivity index (χ3n) is 2.82. The van der Waals surface area contributed by atoms with Crippen LogP contribution in [-0.4, -0.2) is 30.8 Å². The molecule has 1 fully saturated rings. The fourth-order valence-corrected chi connectivity index (χ4v) is 3.19. The van der Waals surface area contributed by atoms with Gasteiger partial charge in [0.2, 0.25) is 0 Å². The summed E-state index contributed by atoms with van der Waals surface area (Å²) >= 11 is 1.86. The Kier molecular flexibility index (Phi) is 4.32. The van der Waals surface area contributed by atoms with Crippen molar-refractivity contribution in [3.8, 4) is 0 Å². The standard InChI is InChI=1S/C12H20N2OS/c1-3-4-12-14-9(2)11(16-12)7-10-8-13-5-6-15-10/h10,13H,3-8H2,1-2H3. The molecule has 90 valence electrons. The fourth-order valence-electron chi connectivity index (χ4n) is 1.96. The van der Waals surface area contributed by atoms with E-state index < -0.39 is 0 Å². The number of morpholine rings is 1. The predicted molar refractivity (Wildman–Crippen MR) is 67.2 cm³/mol. The van der Waals surface area contributed by atoms with Crippen molar-refractivity contribution >= 4 is 11.3 Å². The molecule has 0 amide bonds. The van der Waals surface area contributed by atoms with Gasteiger partial charge in [0.1, 0.15) is 0 Å². The average molecular weight is 240 g/mol. The average Bonchev–Trinajstić information content (AvgIpc) is 2.61. The molecule has 1 aromatic rings. The number of aryl methyl sites for hydroxylation is 2. The summed E-state index contributed by atoms with van der Waals surface area (Å²) in [7, 11) is 0. The number of nitrogens with one attached hydrogen (secondary N) is 1. The first-order chi connectivity index (χ1) is 7.79. The highest BCUT2D eigenvalue weighted by molar-refractivity contribution is 7.11. The summed E-state index contributed by atoms with van der Waals surface area (Å²) in [5.41, 5.74) is 1.20. The second kappa shape index (κ2) is 5.75. The number of aromatic nitrogens is 1. The van der Waals surface area contributed by atoms with Crippen molar-refractivity contribution in [3.63, 3.8) is 0 Å². The molecule has 0 aromatic carbocycles. The van der Waals surface area contributed by atoms with Gasteiger partial charge in [0.25, 0.3) is 0 Å². The Labute approximate surface area is 101 Å². The summed E-state index contributed by atoms with van der Waals surface area (Å²) in [6.07, 6.45) is 3.63. The van der Waals surface area contributed by atoms with Crippen molar-refractivity contribution in [3.05, 3.63) is 15.6 Å². The van der Waals surface area contributed by atoms with E-state index >= 15 is 0 Å². The smallest absolute Gasteiger partial charge is 0.0930 e. The lowest BCUT2D eigenvalue weighted by atomic mass is 10.2. The quantitative estimate of drug-likeness (QED) is 0.873. The number of hydrogen-bond donors (Lipinski definition) is 1. The van der Waals surface area contributed by atoms with Gasteiger partial charge in [0.15, 0.2) is 0 Å². The SMILES string of the molecule is CCCc1nc(C)c(CC2CNCCO2)s1. The Morgan fingerprint density at radius 1 is 1.56 bits per heavy atom. The molecule has 1 aliphatic rings. The molecule has 2 heterocycles. The highest BCUT2D eigenvalue weighted by atomic mass is 32.1. The molecule has 3 nitrogen and oxygen atoms in total. The lowest BCUT2D eigenvalue weighted by molar-refractivity contribution is 0.0296. The van der Waals surface area contributed by atoms with Gasteiger partial charge in [-0.2, -0.15) is 0 Å². The van der Waals surface area contributed by atoms with Gasteiger partial charge in [-0.3, -0.25) is 0 Å². The normalized spacial score (nSPS) is 21.2. The second-order valence-corrected chi connectivity index (χ2v) is 5.44. The van der Waals surface area contributed by atoms with Gasteiger partial charge in [-0.1, -0.05) is 6.92 Å². The molecule has 0 saturated carbocycles. The Morgan fingerprint density at radius 2 is 2.44 bits per heavy atom. The van der Waals surface area contributed by atoms with E-state index in [1.807, 2.05) is 11.3 Å². The lowest BCUT2D eigenvalue weighted by Crippen LogP contribution is -2.39. The number of nitrogens with zero attached hydrogens (tertiary/aromatic N) is 1. The number of thiazole rings is 1. The van der Waals surface area contributed by atoms with Crippen molar-refractivity contribution in [1.29, 1.82) is 0 Å². The Hall–Kier alpha value is -0.450. The summed E-state index contributed by atoms with van der Waals surface area (Å²) in [6.45, 7) is 7.11. The van der Waals surface area contributed by atoms with Crippen LogP contribution in [0.3, 0.4) is 0 Å². The molecule has 1 saturated heterocycles. The summed E-state index contributed by atoms with van der Waals surface area (Å²) in [5.74, 6) is 0. The van der Waals surface area contributed by atoms with Crippen LogP contribution in [0, 0.1) is 6.92 Å². The van der Waals surface area contributed by atoms with E-state index in [1.54, 1.807) is 0 Å². The summed E-state index contributed by atoms with van der Waals surface area (Å²) < 4.78 is 5.72. The van der Waals surface area contributed by atoms with Crippen LogP contribution in [-0.2, 0) is 17.6 Å². The lowest BCUT2D eigenvalue weighted by Gasteiger charge is -2.23. The molecule has 0 bridgehead atoms. The minimum Gasteiger partial charge on any atom is -0.375 e. The maximum atomic E-state index is 5.72. The molecule has 1 aromatic heterocycles. The Balaban J connectivity index is 1.96. The van der Waals surface area contributed by atoms with Gasteiger partial charge in [-0.25, -0.2) is 4.98 Å². The molecule has 1 unspecified atom stereocenters. The van der Waals surface area contributed by atoms with E-state index in [0.717, 1.165) is 32.5 Å². The largest absolute Gasteiger partial charge is 0.375 e. The van der Waals surface area contributed by atoms with Crippen molar-refractivity contribution in [2.45, 2.75) is 39.2 Å². The van der Waals surface area contributed by atoms with E-state index in [9.17, 15) is 0 Å². The van der Waals surface area contributed by atoms with Gasteiger partial charge in [0.05, 0.1) is 23.4 Å². The van der Waals surface area contributed by atoms with Gasteiger partial charge in [0, 0.05) is 24.4 Å². The van der Waals surface area contributed by atoms with Crippen LogP contribution in [0.25, 0.3) is 0 Å². The van der Waals surface area contributed by atoms with Crippen LogP contribution in [0.2, 0.25) is 0 Å². The molecule has 2 rings (SSSR count). The van der Waals surface area contributed by atoms with Crippen LogP contribution < -0.4 is 5.32 Å².